The molecule has 4 heterocycles. The Morgan fingerprint density at radius 2 is 1.60 bits per heavy atom. The highest BCUT2D eigenvalue weighted by molar-refractivity contribution is 6.02. The second-order valence-electron chi connectivity index (χ2n) is 17.9. The van der Waals surface area contributed by atoms with Gasteiger partial charge in [0, 0.05) is 82.3 Å². The molecular weight excluding hydrogens is 940 g/mol. The number of primary amides is 1. The first kappa shape index (κ1) is 53.4. The molecular formula is C48H61FN12O11. The van der Waals surface area contributed by atoms with Crippen LogP contribution in [0.15, 0.2) is 53.6 Å². The maximum atomic E-state index is 15.4. The van der Waals surface area contributed by atoms with E-state index in [1.165, 1.54) is 26.7 Å². The maximum Gasteiger partial charge on any atom is 0.410 e. The number of carbonyl (C=O) groups excluding carboxylic acids is 7. The first-order chi connectivity index (χ1) is 34.4. The molecule has 2 saturated heterocycles. The first-order valence-electron chi connectivity index (χ1n) is 23.9. The molecule has 6 rings (SSSR count). The van der Waals surface area contributed by atoms with E-state index in [9.17, 15) is 48.3 Å². The summed E-state index contributed by atoms with van der Waals surface area (Å²) in [6, 6.07) is 6.97. The standard InChI is InChI=1S/C48H61FN12O11/c1-4-57-26-33(46(68)69)44(66)32-23-34(49)38(24-37(32)57)58-19-21-59(22-20-58)48(71)72-28-30-11-13-31(14-12-30)53-45(67)36(9-8-17-51-47(50)70)61-27-35(55-56-61)43(29(2)3)54-40(63)25-52-39(62)10-6-5-7-18-60-41(64)15-16-42(60)65/h11-14,23-24,26-27,29,36,43H,4-10,15-22,25,28H2,1-3H3,(H,52,62)(H,53,67)(H,54,63)(H,68,69)(H3,50,51,70)/t36?,43-/m0/s1. The molecule has 72 heavy (non-hydrogen) atoms. The van der Waals surface area contributed by atoms with Crippen molar-refractivity contribution in [3.05, 3.63) is 81.7 Å². The molecule has 0 bridgehead atoms. The molecule has 0 radical (unpaired) electrons. The van der Waals surface area contributed by atoms with E-state index in [1.807, 2.05) is 13.8 Å². The highest BCUT2D eigenvalue weighted by atomic mass is 19.1. The summed E-state index contributed by atoms with van der Waals surface area (Å²) in [7, 11) is 0. The van der Waals surface area contributed by atoms with Gasteiger partial charge in [0.1, 0.15) is 29.7 Å². The molecule has 2 aliphatic heterocycles. The maximum absolute atomic E-state index is 15.4. The van der Waals surface area contributed by atoms with Gasteiger partial charge in [0.2, 0.25) is 35.0 Å². The van der Waals surface area contributed by atoms with E-state index in [0.29, 0.717) is 61.2 Å². The fourth-order valence-electron chi connectivity index (χ4n) is 8.49. The minimum Gasteiger partial charge on any atom is -0.477 e. The van der Waals surface area contributed by atoms with Gasteiger partial charge < -0.3 is 51.2 Å². The number of anilines is 2. The number of hydrogen-bond donors (Lipinski definition) is 6. The third kappa shape index (κ3) is 13.9. The van der Waals surface area contributed by atoms with Crippen molar-refractivity contribution >= 4 is 69.9 Å². The summed E-state index contributed by atoms with van der Waals surface area (Å²) in [6.07, 6.45) is 5.18. The molecule has 1 unspecified atom stereocenters. The van der Waals surface area contributed by atoms with Crippen LogP contribution in [0.4, 0.5) is 25.4 Å². The van der Waals surface area contributed by atoms with Gasteiger partial charge in [0.15, 0.2) is 0 Å². The summed E-state index contributed by atoms with van der Waals surface area (Å²) in [6.45, 7) is 7.00. The fourth-order valence-corrected chi connectivity index (χ4v) is 8.49. The van der Waals surface area contributed by atoms with Crippen LogP contribution in [-0.4, -0.2) is 128 Å². The molecule has 2 atom stereocenters. The summed E-state index contributed by atoms with van der Waals surface area (Å²) in [4.78, 5) is 116. The zero-order chi connectivity index (χ0) is 52.1. The van der Waals surface area contributed by atoms with Crippen LogP contribution in [0.1, 0.15) is 106 Å². The molecule has 0 aliphatic carbocycles. The number of aromatic nitrogens is 4. The Morgan fingerprint density at radius 1 is 0.889 bits per heavy atom. The number of nitrogens with zero attached hydrogens (tertiary/aromatic N) is 7. The predicted octanol–water partition coefficient (Wildman–Crippen LogP) is 3.18. The number of halogens is 1. The lowest BCUT2D eigenvalue weighted by molar-refractivity contribution is -0.138. The summed E-state index contributed by atoms with van der Waals surface area (Å²) in [5, 5.41) is 28.8. The summed E-state index contributed by atoms with van der Waals surface area (Å²) in [5.74, 6) is -3.83. The average Bonchev–Trinajstić information content (AvgIpc) is 3.96. The lowest BCUT2D eigenvalue weighted by atomic mass is 10.0. The number of likely N-dealkylation sites (tertiary alicyclic amines) is 1. The Bertz CT molecular complexity index is 2700. The van der Waals surface area contributed by atoms with Gasteiger partial charge in [-0.25, -0.2) is 23.5 Å². The van der Waals surface area contributed by atoms with Crippen LogP contribution in [0.25, 0.3) is 10.9 Å². The Kier molecular flexibility index (Phi) is 18.4. The smallest absolute Gasteiger partial charge is 0.410 e. The van der Waals surface area contributed by atoms with Gasteiger partial charge in [-0.1, -0.05) is 37.6 Å². The van der Waals surface area contributed by atoms with E-state index in [0.717, 1.165) is 6.07 Å². The van der Waals surface area contributed by atoms with Crippen molar-refractivity contribution in [3.8, 4) is 0 Å². The number of nitrogens with one attached hydrogen (secondary N) is 4. The Balaban J connectivity index is 0.986. The number of carboxylic acids is 1. The van der Waals surface area contributed by atoms with Gasteiger partial charge in [0.05, 0.1) is 30.0 Å². The molecule has 2 aromatic carbocycles. The number of benzene rings is 2. The van der Waals surface area contributed by atoms with Crippen molar-refractivity contribution in [1.29, 1.82) is 0 Å². The van der Waals surface area contributed by atoms with Crippen molar-refractivity contribution < 1.29 is 52.6 Å². The number of urea groups is 1. The molecule has 8 amide bonds. The SMILES string of the molecule is CCn1cc(C(=O)O)c(=O)c2cc(F)c(N3CCN(C(=O)OCc4ccc(NC(=O)C(CCCNC(N)=O)n5cc([C@@H](NC(=O)CNC(=O)CCCCCN6C(=O)CCC6=O)C(C)C)nn5)cc4)CC3)cc21. The van der Waals surface area contributed by atoms with Gasteiger partial charge in [-0.05, 0) is 68.4 Å². The lowest BCUT2D eigenvalue weighted by Crippen LogP contribution is -2.49. The monoisotopic (exact) mass is 1000 g/mol. The van der Waals surface area contributed by atoms with Gasteiger partial charge >= 0.3 is 18.1 Å². The molecule has 2 fully saturated rings. The van der Waals surface area contributed by atoms with Crippen LogP contribution in [0.2, 0.25) is 0 Å². The van der Waals surface area contributed by atoms with Crippen LogP contribution in [-0.2, 0) is 41.9 Å². The number of amides is 8. The van der Waals surface area contributed by atoms with Crippen molar-refractivity contribution in [2.75, 3.05) is 56.0 Å². The fraction of sp³-hybridized carbons (Fsp3) is 0.479. The van der Waals surface area contributed by atoms with Crippen molar-refractivity contribution in [2.24, 2.45) is 11.7 Å². The number of aromatic carboxylic acids is 1. The Hall–Kier alpha value is -7.92. The average molecular weight is 1000 g/mol. The third-order valence-corrected chi connectivity index (χ3v) is 12.5. The normalized spacial score (nSPS) is 14.6. The van der Waals surface area contributed by atoms with Crippen molar-refractivity contribution in [1.82, 2.24) is 45.3 Å². The van der Waals surface area contributed by atoms with E-state index in [-0.39, 0.29) is 106 Å². The molecule has 0 saturated carbocycles. The van der Waals surface area contributed by atoms with E-state index in [2.05, 4.69) is 31.6 Å². The van der Waals surface area contributed by atoms with E-state index >= 15 is 4.39 Å². The predicted molar refractivity (Wildman–Crippen MR) is 259 cm³/mol. The number of carboxylic acid groups (broad SMARTS) is 1. The molecule has 2 aliphatic rings. The molecule has 386 valence electrons. The van der Waals surface area contributed by atoms with E-state index in [4.69, 9.17) is 10.5 Å². The zero-order valence-electron chi connectivity index (χ0n) is 40.5. The van der Waals surface area contributed by atoms with Gasteiger partial charge in [-0.15, -0.1) is 5.10 Å². The number of aryl methyl sites for hydroxylation is 1. The minimum atomic E-state index is -1.39. The Labute approximate surface area is 413 Å². The third-order valence-electron chi connectivity index (χ3n) is 12.5. The number of ether oxygens (including phenoxy) is 1. The van der Waals surface area contributed by atoms with E-state index in [1.54, 1.807) is 46.9 Å². The number of nitrogens with two attached hydrogens (primary N) is 1. The summed E-state index contributed by atoms with van der Waals surface area (Å²) >= 11 is 0. The second kappa shape index (κ2) is 24.8. The number of carbonyl (C=O) groups is 8. The van der Waals surface area contributed by atoms with E-state index < -0.39 is 58.8 Å². The van der Waals surface area contributed by atoms with Crippen LogP contribution in [0, 0.1) is 11.7 Å². The number of unbranched alkanes of at least 4 members (excludes halogenated alkanes) is 2. The van der Waals surface area contributed by atoms with Gasteiger partial charge in [0.25, 0.3) is 0 Å². The number of imide groups is 1. The number of piperazine rings is 1. The van der Waals surface area contributed by atoms with Crippen LogP contribution in [0.3, 0.4) is 0 Å². The minimum absolute atomic E-state index is 0.0358. The van der Waals surface area contributed by atoms with Gasteiger partial charge in [-0.3, -0.25) is 33.7 Å². The van der Waals surface area contributed by atoms with Crippen LogP contribution < -0.4 is 37.3 Å². The summed E-state index contributed by atoms with van der Waals surface area (Å²) in [5.41, 5.74) is 6.07. The molecule has 7 N–H and O–H groups in total. The Morgan fingerprint density at radius 3 is 2.25 bits per heavy atom. The zero-order valence-corrected chi connectivity index (χ0v) is 40.5. The highest BCUT2D eigenvalue weighted by Gasteiger charge is 2.30. The quantitative estimate of drug-likeness (QED) is 0.0460. The van der Waals surface area contributed by atoms with Crippen LogP contribution >= 0.6 is 0 Å². The first-order valence-corrected chi connectivity index (χ1v) is 23.9. The largest absolute Gasteiger partial charge is 0.477 e. The molecule has 2 aromatic heterocycles. The number of fused-ring (bicyclic) bond motifs is 1. The van der Waals surface area contributed by atoms with Crippen molar-refractivity contribution in [2.45, 2.75) is 97.4 Å². The topological polar surface area (TPSA) is 303 Å². The second-order valence-corrected chi connectivity index (χ2v) is 17.9. The summed E-state index contributed by atoms with van der Waals surface area (Å²) < 4.78 is 23.9. The highest BCUT2D eigenvalue weighted by Crippen LogP contribution is 2.28. The lowest BCUT2D eigenvalue weighted by Gasteiger charge is -2.35. The van der Waals surface area contributed by atoms with Gasteiger partial charge in [-0.2, -0.15) is 0 Å². The molecule has 23 nitrogen and oxygen atoms in total. The number of hydrogen-bond acceptors (Lipinski definition) is 13. The number of rotatable bonds is 23. The van der Waals surface area contributed by atoms with Crippen molar-refractivity contribution in [3.63, 3.8) is 0 Å². The number of pyridine rings is 1. The molecule has 0 spiro atoms. The molecule has 4 aromatic rings. The van der Waals surface area contributed by atoms with Crippen LogP contribution in [0.5, 0.6) is 0 Å². The molecule has 24 heteroatoms.